The van der Waals surface area contributed by atoms with E-state index >= 15 is 0 Å². The first kappa shape index (κ1) is 26.3. The first-order chi connectivity index (χ1) is 13.4. The highest BCUT2D eigenvalue weighted by Crippen LogP contribution is 2.20. The fourth-order valence-corrected chi connectivity index (χ4v) is 2.73. The minimum Gasteiger partial charge on any atom is -0.469 e. The van der Waals surface area contributed by atoms with Crippen molar-refractivity contribution in [1.82, 2.24) is 4.98 Å². The van der Waals surface area contributed by atoms with E-state index < -0.39 is 17.9 Å². The van der Waals surface area contributed by atoms with Gasteiger partial charge in [0.1, 0.15) is 11.4 Å². The van der Waals surface area contributed by atoms with Crippen molar-refractivity contribution in [1.29, 1.82) is 0 Å². The smallest absolute Gasteiger partial charge is 0.341 e. The zero-order chi connectivity index (χ0) is 21.5. The maximum Gasteiger partial charge on any atom is 0.341 e. The molecular weight excluding hydrogens is 426 g/mol. The van der Waals surface area contributed by atoms with Crippen LogP contribution in [-0.4, -0.2) is 43.7 Å². The molecule has 0 aromatic carbocycles. The number of carbonyl (C=O) groups is 2. The fourth-order valence-electron chi connectivity index (χ4n) is 2.40. The van der Waals surface area contributed by atoms with Crippen LogP contribution in [0.4, 0.5) is 5.82 Å². The predicted octanol–water partition coefficient (Wildman–Crippen LogP) is 4.16. The third-order valence-corrected chi connectivity index (χ3v) is 4.63. The lowest BCUT2D eigenvalue weighted by molar-refractivity contribution is -0.145. The van der Waals surface area contributed by atoms with Crippen molar-refractivity contribution in [3.8, 4) is 0 Å². The Labute approximate surface area is 176 Å². The molecule has 2 atom stereocenters. The van der Waals surface area contributed by atoms with Crippen molar-refractivity contribution in [2.24, 2.45) is 11.7 Å². The summed E-state index contributed by atoms with van der Waals surface area (Å²) in [6, 6.07) is 1.24. The Balaban J connectivity index is 0.00000105. The Morgan fingerprint density at radius 3 is 2.25 bits per heavy atom. The standard InChI is InChI=1S/C14H20BrN3O4.C6H14/c1-4-11(16)10(14(20)22-3)7-18-12-9(13(19)21-2)5-8(15)6-17-12;1-3-5-6-4-2/h5-6,10-11H,4,7,16H2,1-3H3,(H,17,18);3-6H2,1-2H3. The van der Waals surface area contributed by atoms with E-state index in [4.69, 9.17) is 15.2 Å². The molecule has 1 aromatic heterocycles. The summed E-state index contributed by atoms with van der Waals surface area (Å²) in [6.07, 6.45) is 7.70. The largest absolute Gasteiger partial charge is 0.469 e. The van der Waals surface area contributed by atoms with Gasteiger partial charge in [-0.15, -0.1) is 0 Å². The summed E-state index contributed by atoms with van der Waals surface area (Å²) >= 11 is 3.25. The molecule has 7 nitrogen and oxygen atoms in total. The van der Waals surface area contributed by atoms with Crippen LogP contribution in [-0.2, 0) is 14.3 Å². The Bertz CT molecular complexity index is 595. The average molecular weight is 460 g/mol. The van der Waals surface area contributed by atoms with Crippen LogP contribution in [0, 0.1) is 5.92 Å². The van der Waals surface area contributed by atoms with Gasteiger partial charge in [0, 0.05) is 23.3 Å². The van der Waals surface area contributed by atoms with Crippen LogP contribution < -0.4 is 11.1 Å². The number of pyridine rings is 1. The number of hydrogen-bond donors (Lipinski definition) is 2. The number of anilines is 1. The van der Waals surface area contributed by atoms with Gasteiger partial charge < -0.3 is 20.5 Å². The monoisotopic (exact) mass is 459 g/mol. The van der Waals surface area contributed by atoms with Gasteiger partial charge in [-0.2, -0.15) is 0 Å². The first-order valence-electron chi connectivity index (χ1n) is 9.67. The van der Waals surface area contributed by atoms with Crippen molar-refractivity contribution < 1.29 is 19.1 Å². The third-order valence-electron chi connectivity index (χ3n) is 4.20. The van der Waals surface area contributed by atoms with Crippen LogP contribution >= 0.6 is 15.9 Å². The number of aromatic nitrogens is 1. The zero-order valence-electron chi connectivity index (χ0n) is 17.6. The van der Waals surface area contributed by atoms with Gasteiger partial charge in [0.15, 0.2) is 0 Å². The van der Waals surface area contributed by atoms with Crippen molar-refractivity contribution in [3.05, 3.63) is 22.3 Å². The van der Waals surface area contributed by atoms with Gasteiger partial charge in [0.2, 0.25) is 0 Å². The third kappa shape index (κ3) is 9.50. The molecular formula is C20H34BrN3O4. The van der Waals surface area contributed by atoms with Gasteiger partial charge in [-0.1, -0.05) is 46.5 Å². The maximum absolute atomic E-state index is 11.8. The number of nitrogens with zero attached hydrogens (tertiary/aromatic N) is 1. The predicted molar refractivity (Wildman–Crippen MR) is 115 cm³/mol. The number of rotatable bonds is 10. The van der Waals surface area contributed by atoms with Crippen LogP contribution in [0.25, 0.3) is 0 Å². The highest BCUT2D eigenvalue weighted by molar-refractivity contribution is 9.10. The minimum absolute atomic E-state index is 0.209. The number of unbranched alkanes of at least 4 members (excludes halogenated alkanes) is 3. The van der Waals surface area contributed by atoms with Crippen molar-refractivity contribution in [2.75, 3.05) is 26.1 Å². The Kier molecular flexibility index (Phi) is 14.4. The van der Waals surface area contributed by atoms with E-state index in [2.05, 4.69) is 40.1 Å². The number of nitrogens with one attached hydrogen (secondary N) is 1. The lowest BCUT2D eigenvalue weighted by Gasteiger charge is -2.21. The molecule has 2 unspecified atom stereocenters. The van der Waals surface area contributed by atoms with Crippen LogP contribution in [0.1, 0.15) is 63.2 Å². The number of hydrogen-bond acceptors (Lipinski definition) is 7. The molecule has 0 saturated carbocycles. The van der Waals surface area contributed by atoms with E-state index in [1.807, 2.05) is 6.92 Å². The van der Waals surface area contributed by atoms with E-state index in [0.29, 0.717) is 16.7 Å². The van der Waals surface area contributed by atoms with Gasteiger partial charge in [0.25, 0.3) is 0 Å². The molecule has 1 heterocycles. The molecule has 1 rings (SSSR count). The SMILES string of the molecule is CCC(N)C(CNc1ncc(Br)cc1C(=O)OC)C(=O)OC.CCCCCC. The summed E-state index contributed by atoms with van der Waals surface area (Å²) in [7, 11) is 2.60. The van der Waals surface area contributed by atoms with Crippen LogP contribution in [0.5, 0.6) is 0 Å². The zero-order valence-corrected chi connectivity index (χ0v) is 19.2. The Morgan fingerprint density at radius 2 is 1.79 bits per heavy atom. The quantitative estimate of drug-likeness (QED) is 0.399. The molecule has 0 amide bonds. The van der Waals surface area contributed by atoms with Gasteiger partial charge >= 0.3 is 11.9 Å². The molecule has 28 heavy (non-hydrogen) atoms. The molecule has 0 aliphatic carbocycles. The maximum atomic E-state index is 11.8. The van der Waals surface area contributed by atoms with Gasteiger partial charge in [-0.25, -0.2) is 9.78 Å². The molecule has 0 radical (unpaired) electrons. The first-order valence-corrected chi connectivity index (χ1v) is 10.5. The number of nitrogens with two attached hydrogens (primary N) is 1. The number of carbonyl (C=O) groups excluding carboxylic acids is 2. The number of halogens is 1. The van der Waals surface area contributed by atoms with E-state index in [1.165, 1.54) is 39.9 Å². The Morgan fingerprint density at radius 1 is 1.18 bits per heavy atom. The van der Waals surface area contributed by atoms with Crippen molar-refractivity contribution in [3.63, 3.8) is 0 Å². The van der Waals surface area contributed by atoms with E-state index in [1.54, 1.807) is 12.3 Å². The number of methoxy groups -OCH3 is 2. The normalized spacial score (nSPS) is 12.2. The van der Waals surface area contributed by atoms with Gasteiger partial charge in [0.05, 0.1) is 20.1 Å². The molecule has 0 spiro atoms. The average Bonchev–Trinajstić information content (AvgIpc) is 2.72. The second-order valence-corrected chi connectivity index (χ2v) is 7.25. The fraction of sp³-hybridized carbons (Fsp3) is 0.650. The summed E-state index contributed by atoms with van der Waals surface area (Å²) < 4.78 is 10.1. The molecule has 0 aliphatic rings. The molecule has 0 aliphatic heterocycles. The highest BCUT2D eigenvalue weighted by atomic mass is 79.9. The van der Waals surface area contributed by atoms with E-state index in [0.717, 1.165) is 0 Å². The van der Waals surface area contributed by atoms with Crippen LogP contribution in [0.3, 0.4) is 0 Å². The van der Waals surface area contributed by atoms with Crippen LogP contribution in [0.15, 0.2) is 16.7 Å². The molecule has 3 N–H and O–H groups in total. The van der Waals surface area contributed by atoms with E-state index in [9.17, 15) is 9.59 Å². The van der Waals surface area contributed by atoms with Crippen molar-refractivity contribution in [2.45, 2.75) is 58.9 Å². The summed E-state index contributed by atoms with van der Waals surface area (Å²) in [5.41, 5.74) is 6.21. The number of ether oxygens (including phenoxy) is 2. The summed E-state index contributed by atoms with van der Waals surface area (Å²) in [6.45, 7) is 6.56. The molecule has 0 saturated heterocycles. The van der Waals surface area contributed by atoms with Gasteiger partial charge in [-0.3, -0.25) is 4.79 Å². The molecule has 1 aromatic rings. The van der Waals surface area contributed by atoms with E-state index in [-0.39, 0.29) is 18.2 Å². The second kappa shape index (κ2) is 15.3. The topological polar surface area (TPSA) is 104 Å². The van der Waals surface area contributed by atoms with Crippen molar-refractivity contribution >= 4 is 33.7 Å². The van der Waals surface area contributed by atoms with Gasteiger partial charge in [-0.05, 0) is 28.4 Å². The van der Waals surface area contributed by atoms with Crippen LogP contribution in [0.2, 0.25) is 0 Å². The second-order valence-electron chi connectivity index (χ2n) is 6.33. The lowest BCUT2D eigenvalue weighted by Crippen LogP contribution is -2.40. The summed E-state index contributed by atoms with van der Waals surface area (Å²) in [5.74, 6) is -1.14. The summed E-state index contributed by atoms with van der Waals surface area (Å²) in [5, 5.41) is 2.97. The molecule has 0 bridgehead atoms. The molecule has 8 heteroatoms. The Hall–Kier alpha value is -1.67. The molecule has 160 valence electrons. The summed E-state index contributed by atoms with van der Waals surface area (Å²) in [4.78, 5) is 27.7. The lowest BCUT2D eigenvalue weighted by atomic mass is 9.98. The molecule has 0 fully saturated rings. The number of esters is 2. The minimum atomic E-state index is -0.536. The highest BCUT2D eigenvalue weighted by Gasteiger charge is 2.26.